The number of imidazole rings is 1. The van der Waals surface area contributed by atoms with Gasteiger partial charge in [-0.25, -0.2) is 9.78 Å². The molecule has 6 rings (SSSR count). The van der Waals surface area contributed by atoms with Crippen molar-refractivity contribution in [2.45, 2.75) is 49.0 Å². The first-order chi connectivity index (χ1) is 18.8. The smallest absolute Gasteiger partial charge is 0.338 e. The van der Waals surface area contributed by atoms with Gasteiger partial charge in [-0.3, -0.25) is 4.57 Å². The van der Waals surface area contributed by atoms with E-state index in [0.717, 1.165) is 9.13 Å². The largest absolute Gasteiger partial charge is 0.461 e. The van der Waals surface area contributed by atoms with Crippen LogP contribution in [0.3, 0.4) is 0 Å². The summed E-state index contributed by atoms with van der Waals surface area (Å²) in [5, 5.41) is 3.10. The first-order valence-corrected chi connectivity index (χ1v) is 14.8. The minimum Gasteiger partial charge on any atom is -0.461 e. The maximum Gasteiger partial charge on any atom is 0.338 e. The molecule has 9 nitrogen and oxygen atoms in total. The number of hydrogen-bond donors (Lipinski definition) is 1. The Bertz CT molecular complexity index is 1520. The van der Waals surface area contributed by atoms with Crippen LogP contribution < -0.4 is 5.32 Å². The van der Waals surface area contributed by atoms with Gasteiger partial charge in [0.15, 0.2) is 22.8 Å². The third-order valence-electron chi connectivity index (χ3n) is 6.53. The number of aromatic nitrogens is 4. The molecule has 39 heavy (non-hydrogen) atoms. The van der Waals surface area contributed by atoms with Crippen molar-refractivity contribution < 1.29 is 19.0 Å². The molecule has 12 heteroatoms. The van der Waals surface area contributed by atoms with Crippen molar-refractivity contribution in [2.24, 2.45) is 0 Å². The predicted octanol–water partition coefficient (Wildman–Crippen LogP) is 5.69. The molecule has 2 fully saturated rings. The van der Waals surface area contributed by atoms with Gasteiger partial charge in [-0.2, -0.15) is 9.97 Å². The molecule has 2 aliphatic heterocycles. The van der Waals surface area contributed by atoms with E-state index in [9.17, 15) is 4.79 Å². The molecule has 4 unspecified atom stereocenters. The number of nitrogens with one attached hydrogen (secondary N) is 1. The topological polar surface area (TPSA) is 100 Å². The van der Waals surface area contributed by atoms with E-state index in [1.54, 1.807) is 30.2 Å². The Balaban J connectivity index is 1.25. The second-order valence-corrected chi connectivity index (χ2v) is 12.7. The summed E-state index contributed by atoms with van der Waals surface area (Å²) in [6.07, 6.45) is 1.14. The van der Waals surface area contributed by atoms with Crippen LogP contribution in [0.15, 0.2) is 60.9 Å². The highest BCUT2D eigenvalue weighted by Crippen LogP contribution is 2.51. The summed E-state index contributed by atoms with van der Waals surface area (Å²) >= 11 is 10.3. The van der Waals surface area contributed by atoms with Crippen LogP contribution in [0.4, 0.5) is 5.82 Å². The SMILES string of the molecule is CC1(C)OC2C(COC(=O)c3ccccc3)SC(n3cnc4c(NCc5cccc(I)c5)nc(Cl)nc43)C2O1. The van der Waals surface area contributed by atoms with E-state index in [1.165, 1.54) is 0 Å². The number of anilines is 1. The zero-order chi connectivity index (χ0) is 27.1. The number of ether oxygens (including phenoxy) is 3. The molecular weight excluding hydrogens is 653 g/mol. The molecule has 2 aromatic heterocycles. The Labute approximate surface area is 248 Å². The zero-order valence-electron chi connectivity index (χ0n) is 21.1. The lowest BCUT2D eigenvalue weighted by Gasteiger charge is -2.24. The standard InChI is InChI=1S/C27H25ClIN5O4S/c1-27(2)37-20-18(13-36-25(35)16-8-4-3-5-9-16)39-24(21(20)38-27)34-14-31-19-22(32-26(28)33-23(19)34)30-12-15-7-6-10-17(29)11-15/h3-11,14,18,20-21,24H,12-13H2,1-2H3,(H,30,32,33). The highest BCUT2D eigenvalue weighted by Gasteiger charge is 2.56. The van der Waals surface area contributed by atoms with Crippen LogP contribution in [-0.2, 0) is 20.8 Å². The summed E-state index contributed by atoms with van der Waals surface area (Å²) in [4.78, 5) is 26.2. The van der Waals surface area contributed by atoms with E-state index in [-0.39, 0.29) is 40.7 Å². The van der Waals surface area contributed by atoms with E-state index in [2.05, 4.69) is 48.9 Å². The Morgan fingerprint density at radius 1 is 1.15 bits per heavy atom. The summed E-state index contributed by atoms with van der Waals surface area (Å²) in [6.45, 7) is 4.52. The van der Waals surface area contributed by atoms with Gasteiger partial charge in [0, 0.05) is 10.1 Å². The van der Waals surface area contributed by atoms with Gasteiger partial charge in [0.1, 0.15) is 24.2 Å². The number of benzene rings is 2. The Kier molecular flexibility index (Phi) is 7.44. The van der Waals surface area contributed by atoms with Crippen LogP contribution in [0.2, 0.25) is 5.28 Å². The number of rotatable bonds is 7. The molecule has 0 radical (unpaired) electrons. The summed E-state index contributed by atoms with van der Waals surface area (Å²) < 4.78 is 21.4. The molecule has 2 aliphatic rings. The number of thioether (sulfide) groups is 1. The highest BCUT2D eigenvalue weighted by molar-refractivity contribution is 14.1. The number of hydrogen-bond acceptors (Lipinski definition) is 9. The van der Waals surface area contributed by atoms with E-state index in [1.807, 2.05) is 54.8 Å². The molecule has 0 saturated carbocycles. The molecule has 202 valence electrons. The van der Waals surface area contributed by atoms with Crippen LogP contribution >= 0.6 is 46.0 Å². The minimum absolute atomic E-state index is 0.117. The maximum absolute atomic E-state index is 12.6. The molecule has 4 aromatic rings. The third kappa shape index (κ3) is 5.60. The Morgan fingerprint density at radius 3 is 2.74 bits per heavy atom. The van der Waals surface area contributed by atoms with Crippen molar-refractivity contribution in [1.82, 2.24) is 19.5 Å². The molecule has 2 saturated heterocycles. The third-order valence-corrected chi connectivity index (χ3v) is 8.90. The van der Waals surface area contributed by atoms with Gasteiger partial charge in [0.25, 0.3) is 0 Å². The Hall–Kier alpha value is -2.45. The molecule has 4 heterocycles. The van der Waals surface area contributed by atoms with E-state index < -0.39 is 5.79 Å². The number of carbonyl (C=O) groups excluding carboxylic acids is 1. The first kappa shape index (κ1) is 26.8. The van der Waals surface area contributed by atoms with Gasteiger partial charge in [-0.05, 0) is 77.9 Å². The van der Waals surface area contributed by atoms with Crippen molar-refractivity contribution >= 4 is 68.9 Å². The predicted molar refractivity (Wildman–Crippen MR) is 158 cm³/mol. The molecule has 0 bridgehead atoms. The molecule has 0 amide bonds. The van der Waals surface area contributed by atoms with Crippen LogP contribution in [0, 0.1) is 3.57 Å². The van der Waals surface area contributed by atoms with Crippen LogP contribution in [-0.4, -0.2) is 55.3 Å². The van der Waals surface area contributed by atoms with Gasteiger partial charge in [0.05, 0.1) is 17.1 Å². The summed E-state index contributed by atoms with van der Waals surface area (Å²) in [5.41, 5.74) is 2.82. The van der Waals surface area contributed by atoms with Gasteiger partial charge in [0.2, 0.25) is 5.28 Å². The van der Waals surface area contributed by atoms with Crippen molar-refractivity contribution in [2.75, 3.05) is 11.9 Å². The summed E-state index contributed by atoms with van der Waals surface area (Å²) in [5.74, 6) is -0.593. The van der Waals surface area contributed by atoms with Gasteiger partial charge in [-0.15, -0.1) is 11.8 Å². The second kappa shape index (κ2) is 10.8. The fourth-order valence-corrected chi connectivity index (χ4v) is 7.16. The van der Waals surface area contributed by atoms with Crippen molar-refractivity contribution in [3.05, 3.63) is 80.9 Å². The monoisotopic (exact) mass is 677 g/mol. The van der Waals surface area contributed by atoms with Crippen molar-refractivity contribution in [3.8, 4) is 0 Å². The van der Waals surface area contributed by atoms with Gasteiger partial charge < -0.3 is 19.5 Å². The lowest BCUT2D eigenvalue weighted by molar-refractivity contribution is -0.149. The fraction of sp³-hybridized carbons (Fsp3) is 0.333. The van der Waals surface area contributed by atoms with Gasteiger partial charge in [-0.1, -0.05) is 30.3 Å². The molecule has 1 N–H and O–H groups in total. The van der Waals surface area contributed by atoms with Crippen LogP contribution in [0.25, 0.3) is 11.2 Å². The maximum atomic E-state index is 12.6. The molecular formula is C27H25ClIN5O4S. The second-order valence-electron chi connectivity index (χ2n) is 9.74. The fourth-order valence-electron chi connectivity index (χ4n) is 4.86. The van der Waals surface area contributed by atoms with Crippen molar-refractivity contribution in [3.63, 3.8) is 0 Å². The molecule has 4 atom stereocenters. The quantitative estimate of drug-likeness (QED) is 0.150. The average molecular weight is 678 g/mol. The lowest BCUT2D eigenvalue weighted by atomic mass is 10.1. The number of carbonyl (C=O) groups is 1. The average Bonchev–Trinajstić information content (AvgIpc) is 3.57. The van der Waals surface area contributed by atoms with E-state index in [0.29, 0.717) is 29.1 Å². The molecule has 2 aromatic carbocycles. The number of halogens is 2. The van der Waals surface area contributed by atoms with Crippen molar-refractivity contribution in [1.29, 1.82) is 0 Å². The highest BCUT2D eigenvalue weighted by atomic mass is 127. The lowest BCUT2D eigenvalue weighted by Crippen LogP contribution is -2.32. The van der Waals surface area contributed by atoms with Crippen LogP contribution in [0.1, 0.15) is 35.1 Å². The van der Waals surface area contributed by atoms with E-state index >= 15 is 0 Å². The number of esters is 1. The number of fused-ring (bicyclic) bond motifs is 2. The molecule has 0 aliphatic carbocycles. The van der Waals surface area contributed by atoms with Gasteiger partial charge >= 0.3 is 5.97 Å². The first-order valence-electron chi connectivity index (χ1n) is 12.4. The normalized spacial score (nSPS) is 23.6. The van der Waals surface area contributed by atoms with Crippen LogP contribution in [0.5, 0.6) is 0 Å². The zero-order valence-corrected chi connectivity index (χ0v) is 24.8. The summed E-state index contributed by atoms with van der Waals surface area (Å²) in [7, 11) is 0. The molecule has 0 spiro atoms. The minimum atomic E-state index is -0.779. The summed E-state index contributed by atoms with van der Waals surface area (Å²) in [6, 6.07) is 17.2. The number of nitrogens with zero attached hydrogens (tertiary/aromatic N) is 4. The Morgan fingerprint density at radius 2 is 1.95 bits per heavy atom. The van der Waals surface area contributed by atoms with E-state index in [4.69, 9.17) is 25.8 Å².